The number of rotatable bonds is 3. The summed E-state index contributed by atoms with van der Waals surface area (Å²) in [6.07, 6.45) is 7.13. The van der Waals surface area contributed by atoms with Gasteiger partial charge in [-0.05, 0) is 43.5 Å². The molecule has 98 valence electrons. The van der Waals surface area contributed by atoms with E-state index in [0.29, 0.717) is 5.75 Å². The quantitative estimate of drug-likeness (QED) is 0.631. The smallest absolute Gasteiger partial charge is 0.261 e. The van der Waals surface area contributed by atoms with Crippen molar-refractivity contribution in [2.75, 3.05) is 0 Å². The zero-order chi connectivity index (χ0) is 13.2. The monoisotopic (exact) mass is 306 g/mol. The number of benzene rings is 1. The first-order valence-corrected chi connectivity index (χ1v) is 8.23. The van der Waals surface area contributed by atoms with Crippen LogP contribution in [0.2, 0.25) is 5.02 Å². The Hall–Kier alpha value is -0.710. The van der Waals surface area contributed by atoms with E-state index in [9.17, 15) is 8.42 Å². The highest BCUT2D eigenvalue weighted by atomic mass is 35.7. The Bertz CT molecular complexity index is 567. The van der Waals surface area contributed by atoms with Crippen LogP contribution < -0.4 is 4.74 Å². The van der Waals surface area contributed by atoms with Crippen molar-refractivity contribution in [1.29, 1.82) is 0 Å². The first-order valence-electron chi connectivity index (χ1n) is 5.54. The van der Waals surface area contributed by atoms with E-state index in [0.717, 1.165) is 19.3 Å². The minimum Gasteiger partial charge on any atom is -0.485 e. The summed E-state index contributed by atoms with van der Waals surface area (Å²) in [4.78, 5) is -0.0271. The van der Waals surface area contributed by atoms with E-state index in [1.54, 1.807) is 0 Å². The number of hydrogen-bond acceptors (Lipinski definition) is 3. The summed E-state index contributed by atoms with van der Waals surface area (Å²) in [5, 5.41) is 0.246. The molecule has 1 atom stereocenters. The summed E-state index contributed by atoms with van der Waals surface area (Å²) < 4.78 is 28.0. The molecule has 0 aliphatic heterocycles. The van der Waals surface area contributed by atoms with E-state index in [-0.39, 0.29) is 16.0 Å². The number of ether oxygens (including phenoxy) is 1. The molecule has 1 aliphatic rings. The second-order valence-electron chi connectivity index (χ2n) is 4.05. The maximum atomic E-state index is 11.1. The molecule has 0 spiro atoms. The van der Waals surface area contributed by atoms with Crippen LogP contribution in [0, 0.1) is 0 Å². The highest BCUT2D eigenvalue weighted by Crippen LogP contribution is 2.30. The van der Waals surface area contributed by atoms with Crippen LogP contribution in [-0.2, 0) is 9.05 Å². The topological polar surface area (TPSA) is 43.4 Å². The van der Waals surface area contributed by atoms with Crippen LogP contribution in [0.3, 0.4) is 0 Å². The molecule has 1 unspecified atom stereocenters. The number of hydrogen-bond donors (Lipinski definition) is 0. The van der Waals surface area contributed by atoms with Crippen LogP contribution in [0.4, 0.5) is 0 Å². The first kappa shape index (κ1) is 13.7. The maximum absolute atomic E-state index is 11.1. The lowest BCUT2D eigenvalue weighted by atomic mass is 10.1. The van der Waals surface area contributed by atoms with Crippen molar-refractivity contribution in [3.05, 3.63) is 35.4 Å². The first-order chi connectivity index (χ1) is 8.47. The molecule has 2 rings (SSSR count). The van der Waals surface area contributed by atoms with E-state index in [1.165, 1.54) is 18.2 Å². The average molecular weight is 307 g/mol. The third-order valence-electron chi connectivity index (χ3n) is 2.67. The standard InChI is InChI=1S/C12H12Cl2O3S/c13-11-8-10(18(14,15)16)6-7-12(11)17-9-4-2-1-3-5-9/h2,4,6-9H,1,3,5H2. The maximum Gasteiger partial charge on any atom is 0.261 e. The van der Waals surface area contributed by atoms with Crippen LogP contribution in [0.5, 0.6) is 5.75 Å². The minimum atomic E-state index is -3.76. The van der Waals surface area contributed by atoms with Crippen molar-refractivity contribution < 1.29 is 13.2 Å². The van der Waals surface area contributed by atoms with Gasteiger partial charge in [0, 0.05) is 10.7 Å². The van der Waals surface area contributed by atoms with Gasteiger partial charge in [-0.15, -0.1) is 0 Å². The van der Waals surface area contributed by atoms with Gasteiger partial charge < -0.3 is 4.74 Å². The summed E-state index contributed by atoms with van der Waals surface area (Å²) in [6.45, 7) is 0. The van der Waals surface area contributed by atoms with Crippen LogP contribution in [0.25, 0.3) is 0 Å². The van der Waals surface area contributed by atoms with Gasteiger partial charge in [0.05, 0.1) is 9.92 Å². The van der Waals surface area contributed by atoms with Crippen molar-refractivity contribution in [3.8, 4) is 5.75 Å². The predicted octanol–water partition coefficient (Wildman–Crippen LogP) is 3.76. The molecule has 3 nitrogen and oxygen atoms in total. The van der Waals surface area contributed by atoms with Gasteiger partial charge in [-0.1, -0.05) is 17.7 Å². The third kappa shape index (κ3) is 3.40. The lowest BCUT2D eigenvalue weighted by Gasteiger charge is -2.19. The van der Waals surface area contributed by atoms with Crippen molar-refractivity contribution in [1.82, 2.24) is 0 Å². The highest BCUT2D eigenvalue weighted by molar-refractivity contribution is 8.13. The molecule has 0 amide bonds. The molecule has 0 radical (unpaired) electrons. The molecule has 0 bridgehead atoms. The fraction of sp³-hybridized carbons (Fsp3) is 0.333. The van der Waals surface area contributed by atoms with E-state index in [2.05, 4.69) is 6.08 Å². The molecule has 6 heteroatoms. The zero-order valence-corrected chi connectivity index (χ0v) is 11.8. The Balaban J connectivity index is 2.20. The lowest BCUT2D eigenvalue weighted by Crippen LogP contribution is -2.15. The average Bonchev–Trinajstić information content (AvgIpc) is 2.32. The van der Waals surface area contributed by atoms with E-state index in [4.69, 9.17) is 27.0 Å². The lowest BCUT2D eigenvalue weighted by molar-refractivity contribution is 0.230. The fourth-order valence-electron chi connectivity index (χ4n) is 1.77. The van der Waals surface area contributed by atoms with E-state index >= 15 is 0 Å². The Labute approximate surface area is 116 Å². The molecule has 1 aromatic rings. The van der Waals surface area contributed by atoms with Gasteiger partial charge in [-0.3, -0.25) is 0 Å². The van der Waals surface area contributed by atoms with E-state index < -0.39 is 9.05 Å². The summed E-state index contributed by atoms with van der Waals surface area (Å²) in [6, 6.07) is 4.21. The molecule has 18 heavy (non-hydrogen) atoms. The van der Waals surface area contributed by atoms with Crippen LogP contribution in [-0.4, -0.2) is 14.5 Å². The number of allylic oxidation sites excluding steroid dienone is 1. The Morgan fingerprint density at radius 2 is 2.11 bits per heavy atom. The van der Waals surface area contributed by atoms with Crippen LogP contribution in [0.15, 0.2) is 35.2 Å². The molecule has 0 saturated heterocycles. The normalized spacial score (nSPS) is 19.8. The van der Waals surface area contributed by atoms with Crippen molar-refractivity contribution in [2.45, 2.75) is 30.3 Å². The molecule has 0 aromatic heterocycles. The highest BCUT2D eigenvalue weighted by Gasteiger charge is 2.15. The van der Waals surface area contributed by atoms with Crippen molar-refractivity contribution in [3.63, 3.8) is 0 Å². The molecule has 1 aliphatic carbocycles. The largest absolute Gasteiger partial charge is 0.485 e. The fourth-order valence-corrected chi connectivity index (χ4v) is 2.84. The molecule has 0 heterocycles. The van der Waals surface area contributed by atoms with Gasteiger partial charge in [-0.2, -0.15) is 0 Å². The van der Waals surface area contributed by atoms with Crippen LogP contribution in [0.1, 0.15) is 19.3 Å². The molecule has 0 fully saturated rings. The second kappa shape index (κ2) is 5.51. The third-order valence-corrected chi connectivity index (χ3v) is 4.32. The minimum absolute atomic E-state index is 0.00490. The summed E-state index contributed by atoms with van der Waals surface area (Å²) in [5.74, 6) is 0.470. The number of halogens is 2. The summed E-state index contributed by atoms with van der Waals surface area (Å²) >= 11 is 5.98. The zero-order valence-electron chi connectivity index (χ0n) is 9.47. The molecule has 1 aromatic carbocycles. The van der Waals surface area contributed by atoms with Gasteiger partial charge >= 0.3 is 0 Å². The predicted molar refractivity (Wildman–Crippen MR) is 71.9 cm³/mol. The molecular formula is C12H12Cl2O3S. The Morgan fingerprint density at radius 1 is 1.33 bits per heavy atom. The molecular weight excluding hydrogens is 295 g/mol. The van der Waals surface area contributed by atoms with Gasteiger partial charge in [0.1, 0.15) is 11.9 Å². The van der Waals surface area contributed by atoms with Crippen molar-refractivity contribution >= 4 is 31.3 Å². The second-order valence-corrected chi connectivity index (χ2v) is 7.02. The molecule has 0 N–H and O–H groups in total. The SMILES string of the molecule is O=S(=O)(Cl)c1ccc(OC2C=CCCC2)c(Cl)c1. The Morgan fingerprint density at radius 3 is 2.67 bits per heavy atom. The van der Waals surface area contributed by atoms with Gasteiger partial charge in [0.2, 0.25) is 0 Å². The van der Waals surface area contributed by atoms with Crippen molar-refractivity contribution in [2.24, 2.45) is 0 Å². The van der Waals surface area contributed by atoms with Gasteiger partial charge in [0.25, 0.3) is 9.05 Å². The van der Waals surface area contributed by atoms with E-state index in [1.807, 2.05) is 6.08 Å². The summed E-state index contributed by atoms with van der Waals surface area (Å²) in [7, 11) is 1.48. The molecule has 0 saturated carbocycles. The summed E-state index contributed by atoms with van der Waals surface area (Å²) in [5.41, 5.74) is 0. The van der Waals surface area contributed by atoms with Gasteiger partial charge in [-0.25, -0.2) is 8.42 Å². The Kier molecular flexibility index (Phi) is 4.20. The van der Waals surface area contributed by atoms with Gasteiger partial charge in [0.15, 0.2) is 0 Å². The van der Waals surface area contributed by atoms with Crippen LogP contribution >= 0.6 is 22.3 Å².